The molecule has 25 heavy (non-hydrogen) atoms. The maximum atomic E-state index is 12.6. The number of amides is 1. The fourth-order valence-corrected chi connectivity index (χ4v) is 4.02. The molecule has 1 aliphatic heterocycles. The Morgan fingerprint density at radius 2 is 2.04 bits per heavy atom. The summed E-state index contributed by atoms with van der Waals surface area (Å²) >= 11 is 1.56. The summed E-state index contributed by atoms with van der Waals surface area (Å²) in [6.07, 6.45) is 2.38. The molecule has 6 heteroatoms. The van der Waals surface area contributed by atoms with Gasteiger partial charge in [0.15, 0.2) is 0 Å². The van der Waals surface area contributed by atoms with Gasteiger partial charge in [-0.05, 0) is 25.3 Å². The monoisotopic (exact) mass is 358 g/mol. The maximum absolute atomic E-state index is 12.6. The normalized spacial score (nSPS) is 20.4. The van der Waals surface area contributed by atoms with Crippen LogP contribution in [0.15, 0.2) is 35.7 Å². The van der Waals surface area contributed by atoms with Crippen molar-refractivity contribution in [1.29, 1.82) is 0 Å². The van der Waals surface area contributed by atoms with E-state index in [2.05, 4.69) is 17.1 Å². The van der Waals surface area contributed by atoms with E-state index in [9.17, 15) is 14.7 Å². The Balaban J connectivity index is 1.62. The van der Waals surface area contributed by atoms with Crippen LogP contribution in [0, 0.1) is 5.92 Å². The van der Waals surface area contributed by atoms with E-state index >= 15 is 0 Å². The van der Waals surface area contributed by atoms with Gasteiger partial charge in [0, 0.05) is 24.4 Å². The molecule has 2 aromatic rings. The number of carbonyl (C=O) groups excluding carboxylic acids is 1. The van der Waals surface area contributed by atoms with Crippen LogP contribution in [0.3, 0.4) is 0 Å². The van der Waals surface area contributed by atoms with Crippen LogP contribution in [-0.4, -0.2) is 39.5 Å². The van der Waals surface area contributed by atoms with Gasteiger partial charge in [-0.3, -0.25) is 9.59 Å². The number of hydrogen-bond acceptors (Lipinski definition) is 4. The zero-order valence-corrected chi connectivity index (χ0v) is 15.0. The summed E-state index contributed by atoms with van der Waals surface area (Å²) in [5.41, 5.74) is 1.97. The highest BCUT2D eigenvalue weighted by molar-refractivity contribution is 7.09. The molecule has 1 aromatic carbocycles. The van der Waals surface area contributed by atoms with Crippen molar-refractivity contribution in [1.82, 2.24) is 9.88 Å². The molecule has 2 unspecified atom stereocenters. The summed E-state index contributed by atoms with van der Waals surface area (Å²) in [4.78, 5) is 30.1. The lowest BCUT2D eigenvalue weighted by Crippen LogP contribution is -2.47. The Morgan fingerprint density at radius 3 is 2.76 bits per heavy atom. The Bertz CT molecular complexity index is 744. The van der Waals surface area contributed by atoms with Crippen LogP contribution in [-0.2, 0) is 22.4 Å². The quantitative estimate of drug-likeness (QED) is 0.892. The summed E-state index contributed by atoms with van der Waals surface area (Å²) in [7, 11) is 0. The van der Waals surface area contributed by atoms with E-state index in [-0.39, 0.29) is 18.4 Å². The number of aromatic nitrogens is 1. The second kappa shape index (κ2) is 7.78. The van der Waals surface area contributed by atoms with Crippen molar-refractivity contribution >= 4 is 23.2 Å². The molecule has 3 rings (SSSR count). The first-order valence-corrected chi connectivity index (χ1v) is 9.40. The lowest BCUT2D eigenvalue weighted by molar-refractivity contribution is -0.147. The fourth-order valence-electron chi connectivity index (χ4n) is 3.19. The molecule has 1 fully saturated rings. The number of nitrogens with zero attached hydrogens (tertiary/aromatic N) is 2. The highest BCUT2D eigenvalue weighted by Gasteiger charge is 2.32. The zero-order valence-electron chi connectivity index (χ0n) is 14.2. The topological polar surface area (TPSA) is 70.5 Å². The molecular formula is C19H22N2O3S. The molecule has 1 amide bonds. The van der Waals surface area contributed by atoms with Crippen LogP contribution >= 0.6 is 11.3 Å². The number of rotatable bonds is 5. The van der Waals surface area contributed by atoms with E-state index in [0.717, 1.165) is 23.5 Å². The minimum atomic E-state index is -0.816. The van der Waals surface area contributed by atoms with Gasteiger partial charge in [-0.25, -0.2) is 4.98 Å². The molecule has 0 bridgehead atoms. The third-order valence-corrected chi connectivity index (χ3v) is 5.58. The van der Waals surface area contributed by atoms with Crippen molar-refractivity contribution in [3.05, 3.63) is 52.0 Å². The van der Waals surface area contributed by atoms with E-state index < -0.39 is 11.9 Å². The van der Waals surface area contributed by atoms with Crippen molar-refractivity contribution in [3.8, 4) is 0 Å². The molecule has 0 saturated carbocycles. The molecule has 2 heterocycles. The van der Waals surface area contributed by atoms with Crippen LogP contribution in [0.5, 0.6) is 0 Å². The van der Waals surface area contributed by atoms with Gasteiger partial charge in [-0.2, -0.15) is 0 Å². The van der Waals surface area contributed by atoms with E-state index in [1.54, 1.807) is 16.2 Å². The second-order valence-corrected chi connectivity index (χ2v) is 7.52. The van der Waals surface area contributed by atoms with E-state index in [0.29, 0.717) is 13.0 Å². The number of hydrogen-bond donors (Lipinski definition) is 1. The molecule has 0 spiro atoms. The predicted octanol–water partition coefficient (Wildman–Crippen LogP) is 2.99. The summed E-state index contributed by atoms with van der Waals surface area (Å²) < 4.78 is 0. The Kier molecular flexibility index (Phi) is 5.48. The highest BCUT2D eigenvalue weighted by atomic mass is 32.1. The summed E-state index contributed by atoms with van der Waals surface area (Å²) in [5.74, 6) is -1.30. The number of benzene rings is 1. The summed E-state index contributed by atoms with van der Waals surface area (Å²) in [6, 6.07) is 10.2. The van der Waals surface area contributed by atoms with Crippen LogP contribution in [0.25, 0.3) is 0 Å². The molecule has 0 aliphatic carbocycles. The molecule has 1 aromatic heterocycles. The number of likely N-dealkylation sites (tertiary alicyclic amines) is 1. The van der Waals surface area contributed by atoms with Crippen LogP contribution in [0.1, 0.15) is 36.0 Å². The van der Waals surface area contributed by atoms with Crippen LogP contribution in [0.2, 0.25) is 0 Å². The Hall–Kier alpha value is -2.21. The first-order chi connectivity index (χ1) is 12.0. The standard InChI is InChI=1S/C19H22N2O3S/c1-13-7-8-15(19(23)24)11-21(13)18(22)10-16-12-25-17(20-16)9-14-5-3-2-4-6-14/h2-6,12-13,15H,7-11H2,1H3,(H,23,24). The number of aliphatic carboxylic acids is 1. The molecule has 132 valence electrons. The minimum absolute atomic E-state index is 0.0324. The van der Waals surface area contributed by atoms with Gasteiger partial charge < -0.3 is 10.0 Å². The smallest absolute Gasteiger partial charge is 0.308 e. The number of thiazole rings is 1. The van der Waals surface area contributed by atoms with Gasteiger partial charge in [0.05, 0.1) is 23.0 Å². The minimum Gasteiger partial charge on any atom is -0.481 e. The largest absolute Gasteiger partial charge is 0.481 e. The van der Waals surface area contributed by atoms with Crippen LogP contribution < -0.4 is 0 Å². The molecule has 1 aliphatic rings. The van der Waals surface area contributed by atoms with Gasteiger partial charge in [0.1, 0.15) is 0 Å². The third-order valence-electron chi connectivity index (χ3n) is 4.68. The average Bonchev–Trinajstić information content (AvgIpc) is 3.02. The van der Waals surface area contributed by atoms with Gasteiger partial charge >= 0.3 is 5.97 Å². The predicted molar refractivity (Wildman–Crippen MR) is 96.6 cm³/mol. The van der Waals surface area contributed by atoms with E-state index in [1.807, 2.05) is 30.5 Å². The molecule has 1 saturated heterocycles. The molecule has 0 radical (unpaired) electrons. The van der Waals surface area contributed by atoms with Crippen molar-refractivity contribution in [2.24, 2.45) is 5.92 Å². The van der Waals surface area contributed by atoms with Gasteiger partial charge in [-0.15, -0.1) is 11.3 Å². The number of piperidine rings is 1. The average molecular weight is 358 g/mol. The lowest BCUT2D eigenvalue weighted by atomic mass is 9.93. The SMILES string of the molecule is CC1CCC(C(=O)O)CN1C(=O)Cc1csc(Cc2ccccc2)n1. The number of carbonyl (C=O) groups is 2. The first kappa shape index (κ1) is 17.6. The van der Waals surface area contributed by atoms with Crippen molar-refractivity contribution < 1.29 is 14.7 Å². The lowest BCUT2D eigenvalue weighted by Gasteiger charge is -2.36. The second-order valence-electron chi connectivity index (χ2n) is 6.58. The van der Waals surface area contributed by atoms with E-state index in [4.69, 9.17) is 0 Å². The Morgan fingerprint density at radius 1 is 1.28 bits per heavy atom. The molecule has 1 N–H and O–H groups in total. The van der Waals surface area contributed by atoms with Crippen molar-refractivity contribution in [3.63, 3.8) is 0 Å². The maximum Gasteiger partial charge on any atom is 0.308 e. The fraction of sp³-hybridized carbons (Fsp3) is 0.421. The van der Waals surface area contributed by atoms with Crippen molar-refractivity contribution in [2.75, 3.05) is 6.54 Å². The van der Waals surface area contributed by atoms with Gasteiger partial charge in [-0.1, -0.05) is 30.3 Å². The summed E-state index contributed by atoms with van der Waals surface area (Å²) in [6.45, 7) is 2.29. The van der Waals surface area contributed by atoms with Gasteiger partial charge in [0.2, 0.25) is 5.91 Å². The number of carboxylic acid groups (broad SMARTS) is 1. The highest BCUT2D eigenvalue weighted by Crippen LogP contribution is 2.23. The summed E-state index contributed by atoms with van der Waals surface area (Å²) in [5, 5.41) is 12.1. The Labute approximate surface area is 151 Å². The first-order valence-electron chi connectivity index (χ1n) is 8.52. The van der Waals surface area contributed by atoms with E-state index in [1.165, 1.54) is 5.56 Å². The third kappa shape index (κ3) is 4.45. The van der Waals surface area contributed by atoms with Crippen LogP contribution in [0.4, 0.5) is 0 Å². The van der Waals surface area contributed by atoms with Crippen molar-refractivity contribution in [2.45, 2.75) is 38.6 Å². The molecule has 5 nitrogen and oxygen atoms in total. The number of carboxylic acids is 1. The molecule has 2 atom stereocenters. The zero-order chi connectivity index (χ0) is 17.8. The molecular weight excluding hydrogens is 336 g/mol. The van der Waals surface area contributed by atoms with Gasteiger partial charge in [0.25, 0.3) is 0 Å².